The van der Waals surface area contributed by atoms with Crippen molar-refractivity contribution in [3.63, 3.8) is 0 Å². The minimum Gasteiger partial charge on any atom is -0.348 e. The molecule has 0 bridgehead atoms. The van der Waals surface area contributed by atoms with E-state index in [9.17, 15) is 4.79 Å². The fourth-order valence-corrected chi connectivity index (χ4v) is 4.40. The predicted octanol–water partition coefficient (Wildman–Crippen LogP) is 4.55. The predicted molar refractivity (Wildman–Crippen MR) is 106 cm³/mol. The number of nitrogens with zero attached hydrogens (tertiary/aromatic N) is 1. The Morgan fingerprint density at radius 3 is 3.04 bits per heavy atom. The van der Waals surface area contributed by atoms with Crippen molar-refractivity contribution < 1.29 is 4.79 Å². The van der Waals surface area contributed by atoms with Gasteiger partial charge in [-0.05, 0) is 61.9 Å². The highest BCUT2D eigenvalue weighted by atomic mass is 32.2. The summed E-state index contributed by atoms with van der Waals surface area (Å²) in [6.07, 6.45) is 3.22. The van der Waals surface area contributed by atoms with Crippen LogP contribution >= 0.6 is 11.8 Å². The van der Waals surface area contributed by atoms with Gasteiger partial charge in [0.15, 0.2) is 5.16 Å². The quantitative estimate of drug-likeness (QED) is 0.667. The lowest BCUT2D eigenvalue weighted by atomic mass is 9.88. The van der Waals surface area contributed by atoms with Crippen LogP contribution in [0.2, 0.25) is 0 Å². The summed E-state index contributed by atoms with van der Waals surface area (Å²) >= 11 is 1.47. The number of aromatic nitrogens is 2. The Labute approximate surface area is 157 Å². The first-order valence-electron chi connectivity index (χ1n) is 9.11. The number of nitrogens with one attached hydrogen (secondary N) is 2. The lowest BCUT2D eigenvalue weighted by molar-refractivity contribution is -0.121. The standard InChI is InChI=1S/C21H23N3OS/c1-13-10-11-18-19(12-13)24-21(23-18)26-14(2)20(25)22-17-9-5-7-15-6-3-4-8-16(15)17/h3-4,6,8,10-12,14,17H,5,7,9H2,1-2H3,(H,22,25)(H,23,24)/t14-,17+/m0/s1. The molecule has 1 amide bonds. The molecule has 4 rings (SSSR count). The van der Waals surface area contributed by atoms with E-state index in [0.29, 0.717) is 0 Å². The molecule has 2 aromatic carbocycles. The van der Waals surface area contributed by atoms with E-state index in [1.165, 1.54) is 28.5 Å². The van der Waals surface area contributed by atoms with Crippen LogP contribution in [0.3, 0.4) is 0 Å². The van der Waals surface area contributed by atoms with Crippen LogP contribution in [0.1, 0.15) is 42.5 Å². The van der Waals surface area contributed by atoms with Gasteiger partial charge in [-0.2, -0.15) is 0 Å². The number of benzene rings is 2. The van der Waals surface area contributed by atoms with Gasteiger partial charge >= 0.3 is 0 Å². The maximum atomic E-state index is 12.7. The number of fused-ring (bicyclic) bond motifs is 2. The van der Waals surface area contributed by atoms with Crippen molar-refractivity contribution in [1.29, 1.82) is 0 Å². The van der Waals surface area contributed by atoms with Crippen LogP contribution in [0.15, 0.2) is 47.6 Å². The average molecular weight is 366 g/mol. The number of imidazole rings is 1. The van der Waals surface area contributed by atoms with Gasteiger partial charge in [-0.25, -0.2) is 4.98 Å². The molecule has 0 unspecified atom stereocenters. The van der Waals surface area contributed by atoms with Crippen LogP contribution in [-0.4, -0.2) is 21.1 Å². The first-order valence-corrected chi connectivity index (χ1v) is 9.99. The van der Waals surface area contributed by atoms with E-state index in [0.717, 1.165) is 35.5 Å². The lowest BCUT2D eigenvalue weighted by Crippen LogP contribution is -2.35. The summed E-state index contributed by atoms with van der Waals surface area (Å²) in [6, 6.07) is 14.7. The summed E-state index contributed by atoms with van der Waals surface area (Å²) in [5.74, 6) is 0.0633. The summed E-state index contributed by atoms with van der Waals surface area (Å²) in [5, 5.41) is 3.82. The second-order valence-electron chi connectivity index (χ2n) is 6.97. The number of carbonyl (C=O) groups excluding carboxylic acids is 1. The Morgan fingerprint density at radius 2 is 2.15 bits per heavy atom. The SMILES string of the molecule is Cc1ccc2nc(S[C@@H](C)C(=O)N[C@@H]3CCCc4ccccc43)[nH]c2c1. The highest BCUT2D eigenvalue weighted by Crippen LogP contribution is 2.30. The van der Waals surface area contributed by atoms with Gasteiger partial charge in [0.25, 0.3) is 0 Å². The third-order valence-corrected chi connectivity index (χ3v) is 5.94. The topological polar surface area (TPSA) is 57.8 Å². The molecule has 1 aromatic heterocycles. The van der Waals surface area contributed by atoms with Crippen molar-refractivity contribution >= 4 is 28.7 Å². The van der Waals surface area contributed by atoms with Gasteiger partial charge in [0, 0.05) is 0 Å². The molecule has 0 saturated heterocycles. The molecule has 2 N–H and O–H groups in total. The summed E-state index contributed by atoms with van der Waals surface area (Å²) < 4.78 is 0. The number of hydrogen-bond acceptors (Lipinski definition) is 3. The van der Waals surface area contributed by atoms with Gasteiger partial charge in [0.2, 0.25) is 5.91 Å². The molecule has 0 fully saturated rings. The van der Waals surface area contributed by atoms with E-state index < -0.39 is 0 Å². The molecule has 5 heteroatoms. The van der Waals surface area contributed by atoms with Crippen molar-refractivity contribution in [2.24, 2.45) is 0 Å². The molecule has 26 heavy (non-hydrogen) atoms. The number of carbonyl (C=O) groups is 1. The van der Waals surface area contributed by atoms with E-state index in [-0.39, 0.29) is 17.2 Å². The van der Waals surface area contributed by atoms with E-state index in [4.69, 9.17) is 0 Å². The highest BCUT2D eigenvalue weighted by Gasteiger charge is 2.24. The number of H-pyrrole nitrogens is 1. The Morgan fingerprint density at radius 1 is 1.31 bits per heavy atom. The van der Waals surface area contributed by atoms with Crippen LogP contribution in [0.4, 0.5) is 0 Å². The molecule has 4 nitrogen and oxygen atoms in total. The molecule has 0 aliphatic heterocycles. The van der Waals surface area contributed by atoms with Gasteiger partial charge in [0.1, 0.15) is 0 Å². The molecular weight excluding hydrogens is 342 g/mol. The second-order valence-corrected chi connectivity index (χ2v) is 8.30. The zero-order valence-electron chi connectivity index (χ0n) is 15.1. The van der Waals surface area contributed by atoms with Crippen LogP contribution in [0, 0.1) is 6.92 Å². The number of aryl methyl sites for hydroxylation is 2. The number of thioether (sulfide) groups is 1. The largest absolute Gasteiger partial charge is 0.348 e. The van der Waals surface area contributed by atoms with Gasteiger partial charge in [-0.15, -0.1) is 0 Å². The molecule has 0 saturated carbocycles. The van der Waals surface area contributed by atoms with E-state index in [1.54, 1.807) is 0 Å². The maximum absolute atomic E-state index is 12.7. The van der Waals surface area contributed by atoms with Gasteiger partial charge in [-0.3, -0.25) is 4.79 Å². The second kappa shape index (κ2) is 7.16. The Hall–Kier alpha value is -2.27. The Bertz CT molecular complexity index is 949. The third kappa shape index (κ3) is 3.49. The van der Waals surface area contributed by atoms with Crippen molar-refractivity contribution in [2.75, 3.05) is 0 Å². The van der Waals surface area contributed by atoms with E-state index >= 15 is 0 Å². The molecule has 1 aliphatic carbocycles. The molecule has 3 aromatic rings. The van der Waals surface area contributed by atoms with Gasteiger partial charge in [-0.1, -0.05) is 42.1 Å². The lowest BCUT2D eigenvalue weighted by Gasteiger charge is -2.27. The first kappa shape index (κ1) is 17.2. The molecule has 0 spiro atoms. The molecule has 134 valence electrons. The zero-order valence-corrected chi connectivity index (χ0v) is 15.9. The van der Waals surface area contributed by atoms with Crippen molar-refractivity contribution in [3.8, 4) is 0 Å². The molecule has 1 aliphatic rings. The molecule has 1 heterocycles. The van der Waals surface area contributed by atoms with Crippen LogP contribution in [0.5, 0.6) is 0 Å². The van der Waals surface area contributed by atoms with Gasteiger partial charge < -0.3 is 10.3 Å². The zero-order chi connectivity index (χ0) is 18.1. The molecular formula is C21H23N3OS. The monoisotopic (exact) mass is 365 g/mol. The summed E-state index contributed by atoms with van der Waals surface area (Å²) in [6.45, 7) is 4.00. The fourth-order valence-electron chi connectivity index (χ4n) is 3.57. The summed E-state index contributed by atoms with van der Waals surface area (Å²) in [4.78, 5) is 20.6. The minimum atomic E-state index is -0.203. The van der Waals surface area contributed by atoms with E-state index in [1.807, 2.05) is 19.1 Å². The van der Waals surface area contributed by atoms with Crippen LogP contribution in [-0.2, 0) is 11.2 Å². The highest BCUT2D eigenvalue weighted by molar-refractivity contribution is 8.00. The van der Waals surface area contributed by atoms with Gasteiger partial charge in [0.05, 0.1) is 22.3 Å². The summed E-state index contributed by atoms with van der Waals surface area (Å²) in [7, 11) is 0. The summed E-state index contributed by atoms with van der Waals surface area (Å²) in [5.41, 5.74) is 5.77. The van der Waals surface area contributed by atoms with Crippen molar-refractivity contribution in [2.45, 2.75) is 49.6 Å². The average Bonchev–Trinajstić information content (AvgIpc) is 3.03. The number of hydrogen-bond donors (Lipinski definition) is 2. The fraction of sp³-hybridized carbons (Fsp3) is 0.333. The Balaban J connectivity index is 1.45. The smallest absolute Gasteiger partial charge is 0.233 e. The Kier molecular flexibility index (Phi) is 4.72. The first-order chi connectivity index (χ1) is 12.6. The van der Waals surface area contributed by atoms with Crippen molar-refractivity contribution in [1.82, 2.24) is 15.3 Å². The van der Waals surface area contributed by atoms with Crippen LogP contribution in [0.25, 0.3) is 11.0 Å². The van der Waals surface area contributed by atoms with Crippen LogP contribution < -0.4 is 5.32 Å². The van der Waals surface area contributed by atoms with E-state index in [2.05, 4.69) is 52.5 Å². The van der Waals surface area contributed by atoms with Crippen molar-refractivity contribution in [3.05, 3.63) is 59.2 Å². The number of rotatable bonds is 4. The number of aromatic amines is 1. The molecule has 0 radical (unpaired) electrons. The normalized spacial score (nSPS) is 17.7. The minimum absolute atomic E-state index is 0.0633. The maximum Gasteiger partial charge on any atom is 0.233 e. The third-order valence-electron chi connectivity index (χ3n) is 4.96. The molecule has 2 atom stereocenters. The number of amides is 1.